The highest BCUT2D eigenvalue weighted by Crippen LogP contribution is 2.38. The van der Waals surface area contributed by atoms with Gasteiger partial charge in [-0.2, -0.15) is 18.3 Å². The zero-order valence-electron chi connectivity index (χ0n) is 16.2. The molecule has 0 radical (unpaired) electrons. The van der Waals surface area contributed by atoms with Gasteiger partial charge in [0.25, 0.3) is 0 Å². The molecule has 3 aromatic rings. The van der Waals surface area contributed by atoms with Crippen LogP contribution in [0.1, 0.15) is 48.9 Å². The molecule has 1 atom stereocenters. The third-order valence-corrected chi connectivity index (χ3v) is 4.59. The molecule has 0 fully saturated rings. The maximum Gasteiger partial charge on any atom is 0.416 e. The standard InChI is InChI=1S/C22H24F3N3O/c1-2-3-6-12-29-18-9-7-8-17(13-18)28-21(16-14-26-27-15-16)19-10-4-5-11-20(19)22(23,24)25/h4-5,7-11,13-15,21,28H,2-3,6,12H2,1H3,(H,26,27). The second kappa shape index (κ2) is 9.49. The third-order valence-electron chi connectivity index (χ3n) is 4.59. The van der Waals surface area contributed by atoms with Crippen LogP contribution in [0.3, 0.4) is 0 Å². The van der Waals surface area contributed by atoms with Crippen molar-refractivity contribution in [2.75, 3.05) is 11.9 Å². The van der Waals surface area contributed by atoms with Crippen molar-refractivity contribution < 1.29 is 17.9 Å². The van der Waals surface area contributed by atoms with Crippen LogP contribution in [0, 0.1) is 0 Å². The summed E-state index contributed by atoms with van der Waals surface area (Å²) in [6.45, 7) is 2.73. The smallest absolute Gasteiger partial charge is 0.416 e. The third kappa shape index (κ3) is 5.53. The first-order valence-electron chi connectivity index (χ1n) is 9.63. The van der Waals surface area contributed by atoms with Crippen molar-refractivity contribution in [1.29, 1.82) is 0 Å². The fourth-order valence-electron chi connectivity index (χ4n) is 3.15. The minimum absolute atomic E-state index is 0.135. The summed E-state index contributed by atoms with van der Waals surface area (Å²) in [6, 6.07) is 12.1. The molecular weight excluding hydrogens is 379 g/mol. The Kier molecular flexibility index (Phi) is 6.80. The molecule has 0 bridgehead atoms. The Bertz CT molecular complexity index is 894. The first-order chi connectivity index (χ1) is 14.0. The Morgan fingerprint density at radius 2 is 1.93 bits per heavy atom. The van der Waals surface area contributed by atoms with E-state index >= 15 is 0 Å². The highest BCUT2D eigenvalue weighted by molar-refractivity contribution is 5.53. The normalized spacial score (nSPS) is 12.6. The molecule has 1 aromatic heterocycles. The number of hydrogen-bond acceptors (Lipinski definition) is 3. The van der Waals surface area contributed by atoms with E-state index in [-0.39, 0.29) is 5.56 Å². The van der Waals surface area contributed by atoms with Crippen LogP contribution >= 0.6 is 0 Å². The van der Waals surface area contributed by atoms with Gasteiger partial charge in [0.1, 0.15) is 5.75 Å². The Morgan fingerprint density at radius 3 is 2.66 bits per heavy atom. The molecule has 2 aromatic carbocycles. The lowest BCUT2D eigenvalue weighted by Crippen LogP contribution is -2.18. The lowest BCUT2D eigenvalue weighted by molar-refractivity contribution is -0.138. The number of H-pyrrole nitrogens is 1. The second-order valence-corrected chi connectivity index (χ2v) is 6.78. The number of aromatic nitrogens is 2. The number of halogens is 3. The Morgan fingerprint density at radius 1 is 1.10 bits per heavy atom. The van der Waals surface area contributed by atoms with Gasteiger partial charge in [0, 0.05) is 23.5 Å². The minimum Gasteiger partial charge on any atom is -0.494 e. The molecule has 1 unspecified atom stereocenters. The van der Waals surface area contributed by atoms with Crippen molar-refractivity contribution in [1.82, 2.24) is 10.2 Å². The number of nitrogens with one attached hydrogen (secondary N) is 2. The lowest BCUT2D eigenvalue weighted by Gasteiger charge is -2.23. The van der Waals surface area contributed by atoms with Gasteiger partial charge in [-0.3, -0.25) is 5.10 Å². The van der Waals surface area contributed by atoms with Crippen molar-refractivity contribution in [2.45, 2.75) is 38.4 Å². The van der Waals surface area contributed by atoms with Gasteiger partial charge < -0.3 is 10.1 Å². The molecule has 0 aliphatic heterocycles. The highest BCUT2D eigenvalue weighted by Gasteiger charge is 2.35. The van der Waals surface area contributed by atoms with E-state index in [9.17, 15) is 13.2 Å². The van der Waals surface area contributed by atoms with Crippen LogP contribution in [0.4, 0.5) is 18.9 Å². The van der Waals surface area contributed by atoms with Gasteiger partial charge in [-0.1, -0.05) is 44.0 Å². The van der Waals surface area contributed by atoms with Crippen molar-refractivity contribution in [3.63, 3.8) is 0 Å². The number of unbranched alkanes of at least 4 members (excludes halogenated alkanes) is 2. The molecule has 0 saturated carbocycles. The number of alkyl halides is 3. The summed E-state index contributed by atoms with van der Waals surface area (Å²) < 4.78 is 46.5. The molecule has 2 N–H and O–H groups in total. The molecule has 3 rings (SSSR count). The van der Waals surface area contributed by atoms with Crippen molar-refractivity contribution in [2.24, 2.45) is 0 Å². The quantitative estimate of drug-likeness (QED) is 0.418. The van der Waals surface area contributed by atoms with Crippen LogP contribution in [-0.2, 0) is 6.18 Å². The van der Waals surface area contributed by atoms with Crippen LogP contribution in [0.15, 0.2) is 60.9 Å². The zero-order valence-corrected chi connectivity index (χ0v) is 16.2. The average Bonchev–Trinajstić information content (AvgIpc) is 3.24. The molecule has 0 aliphatic carbocycles. The zero-order chi connectivity index (χ0) is 20.7. The van der Waals surface area contributed by atoms with Gasteiger partial charge >= 0.3 is 6.18 Å². The summed E-state index contributed by atoms with van der Waals surface area (Å²) in [6.07, 6.45) is 1.83. The van der Waals surface area contributed by atoms with Crippen LogP contribution < -0.4 is 10.1 Å². The van der Waals surface area contributed by atoms with Crippen LogP contribution in [0.2, 0.25) is 0 Å². The van der Waals surface area contributed by atoms with E-state index in [2.05, 4.69) is 22.4 Å². The summed E-state index contributed by atoms with van der Waals surface area (Å²) in [7, 11) is 0. The Labute approximate surface area is 168 Å². The Balaban J connectivity index is 1.88. The van der Waals surface area contributed by atoms with Crippen molar-refractivity contribution in [3.05, 3.63) is 77.6 Å². The van der Waals surface area contributed by atoms with E-state index in [1.807, 2.05) is 18.2 Å². The van der Waals surface area contributed by atoms with Gasteiger partial charge in [-0.05, 0) is 30.2 Å². The minimum atomic E-state index is -4.45. The molecule has 0 saturated heterocycles. The molecule has 0 amide bonds. The molecule has 1 heterocycles. The monoisotopic (exact) mass is 403 g/mol. The number of hydrogen-bond donors (Lipinski definition) is 2. The fraction of sp³-hybridized carbons (Fsp3) is 0.318. The van der Waals surface area contributed by atoms with E-state index < -0.39 is 17.8 Å². The molecule has 29 heavy (non-hydrogen) atoms. The average molecular weight is 403 g/mol. The van der Waals surface area contributed by atoms with Gasteiger partial charge in [-0.15, -0.1) is 0 Å². The predicted octanol–water partition coefficient (Wildman–Crippen LogP) is 6.20. The fourth-order valence-corrected chi connectivity index (χ4v) is 3.15. The number of aromatic amines is 1. The van der Waals surface area contributed by atoms with Crippen molar-refractivity contribution in [3.8, 4) is 5.75 Å². The number of ether oxygens (including phenoxy) is 1. The number of nitrogens with zero attached hydrogens (tertiary/aromatic N) is 1. The second-order valence-electron chi connectivity index (χ2n) is 6.78. The van der Waals surface area contributed by atoms with Crippen LogP contribution in [-0.4, -0.2) is 16.8 Å². The van der Waals surface area contributed by atoms with Crippen LogP contribution in [0.5, 0.6) is 5.75 Å². The highest BCUT2D eigenvalue weighted by atomic mass is 19.4. The molecular formula is C22H24F3N3O. The van der Waals surface area contributed by atoms with Crippen LogP contribution in [0.25, 0.3) is 0 Å². The predicted molar refractivity (Wildman–Crippen MR) is 107 cm³/mol. The molecule has 154 valence electrons. The largest absolute Gasteiger partial charge is 0.494 e. The summed E-state index contributed by atoms with van der Waals surface area (Å²) in [5, 5.41) is 9.80. The van der Waals surface area contributed by atoms with E-state index in [4.69, 9.17) is 4.74 Å². The number of anilines is 1. The van der Waals surface area contributed by atoms with Gasteiger partial charge in [0.2, 0.25) is 0 Å². The summed E-state index contributed by atoms with van der Waals surface area (Å²) >= 11 is 0. The maximum atomic E-state index is 13.6. The number of rotatable bonds is 9. The lowest BCUT2D eigenvalue weighted by atomic mass is 9.95. The first-order valence-corrected chi connectivity index (χ1v) is 9.63. The Hall–Kier alpha value is -2.96. The topological polar surface area (TPSA) is 49.9 Å². The molecule has 7 heteroatoms. The van der Waals surface area contributed by atoms with Gasteiger partial charge in [0.15, 0.2) is 0 Å². The number of benzene rings is 2. The summed E-state index contributed by atoms with van der Waals surface area (Å²) in [5.41, 5.74) is 0.735. The molecule has 0 spiro atoms. The van der Waals surface area contributed by atoms with E-state index in [1.165, 1.54) is 18.3 Å². The first kappa shape index (κ1) is 20.8. The maximum absolute atomic E-state index is 13.6. The van der Waals surface area contributed by atoms with E-state index in [1.54, 1.807) is 18.3 Å². The summed E-state index contributed by atoms with van der Waals surface area (Å²) in [5.74, 6) is 0.682. The molecule has 4 nitrogen and oxygen atoms in total. The SMILES string of the molecule is CCCCCOc1cccc(NC(c2cn[nH]c2)c2ccccc2C(F)(F)F)c1. The summed E-state index contributed by atoms with van der Waals surface area (Å²) in [4.78, 5) is 0. The van der Waals surface area contributed by atoms with Crippen molar-refractivity contribution >= 4 is 5.69 Å². The van der Waals surface area contributed by atoms with E-state index in [0.29, 0.717) is 23.6 Å². The van der Waals surface area contributed by atoms with Gasteiger partial charge in [-0.25, -0.2) is 0 Å². The van der Waals surface area contributed by atoms with E-state index in [0.717, 1.165) is 25.3 Å². The van der Waals surface area contributed by atoms with Gasteiger partial charge in [0.05, 0.1) is 24.4 Å². The molecule has 0 aliphatic rings.